The summed E-state index contributed by atoms with van der Waals surface area (Å²) in [5, 5.41) is 3.97. The maximum Gasteiger partial charge on any atom is 0.256 e. The van der Waals surface area contributed by atoms with Gasteiger partial charge in [-0.2, -0.15) is 0 Å². The van der Waals surface area contributed by atoms with E-state index in [1.54, 1.807) is 24.0 Å². The molecule has 0 atom stereocenters. The number of nitrogens with zero attached hydrogens (tertiary/aromatic N) is 2. The molecule has 5 heteroatoms. The van der Waals surface area contributed by atoms with Gasteiger partial charge in [0.05, 0.1) is 6.20 Å². The van der Waals surface area contributed by atoms with Gasteiger partial charge in [-0.15, -0.1) is 17.5 Å². The van der Waals surface area contributed by atoms with Crippen LogP contribution in [0.5, 0.6) is 5.88 Å². The summed E-state index contributed by atoms with van der Waals surface area (Å²) >= 11 is 0. The van der Waals surface area contributed by atoms with Crippen LogP contribution in [-0.4, -0.2) is 16.4 Å². The molecule has 0 amide bonds. The third-order valence-corrected chi connectivity index (χ3v) is 1.16. The highest BCUT2D eigenvalue weighted by atomic mass is 35.5. The van der Waals surface area contributed by atoms with Crippen LogP contribution in [0.15, 0.2) is 18.9 Å². The first-order valence-corrected chi connectivity index (χ1v) is 3.27. The van der Waals surface area contributed by atoms with Gasteiger partial charge in [-0.1, -0.05) is 12.7 Å². The molecule has 0 unspecified atom stereocenters. The van der Waals surface area contributed by atoms with Crippen molar-refractivity contribution in [2.24, 2.45) is 7.05 Å². The molecule has 1 rings (SSSR count). The summed E-state index contributed by atoms with van der Waals surface area (Å²) in [7, 11) is 1.79. The molecule has 0 aliphatic carbocycles. The van der Waals surface area contributed by atoms with Crippen LogP contribution in [0.25, 0.3) is 0 Å². The Balaban J connectivity index is 0.00000121. The van der Waals surface area contributed by atoms with E-state index < -0.39 is 0 Å². The number of hydrogen-bond acceptors (Lipinski definition) is 3. The third-order valence-electron chi connectivity index (χ3n) is 1.16. The molecule has 0 aliphatic rings. The molecule has 1 aromatic rings. The lowest BCUT2D eigenvalue weighted by atomic mass is 10.6. The standard InChI is InChI=1S/C7H11N3O.ClH/c1-3-4-11-7-6(8)5-10(2)9-7;/h3,5H,1,4,8H2,2H3;1H. The van der Waals surface area contributed by atoms with Crippen molar-refractivity contribution in [2.75, 3.05) is 12.3 Å². The number of nitrogen functional groups attached to an aromatic ring is 1. The van der Waals surface area contributed by atoms with Gasteiger partial charge in [0.1, 0.15) is 12.3 Å². The second-order valence-corrected chi connectivity index (χ2v) is 2.16. The molecule has 0 saturated carbocycles. The SMILES string of the molecule is C=CCOc1nn(C)cc1N.Cl. The van der Waals surface area contributed by atoms with Crippen molar-refractivity contribution in [1.82, 2.24) is 9.78 Å². The largest absolute Gasteiger partial charge is 0.471 e. The van der Waals surface area contributed by atoms with Crippen molar-refractivity contribution >= 4 is 18.1 Å². The Morgan fingerprint density at radius 3 is 2.92 bits per heavy atom. The van der Waals surface area contributed by atoms with E-state index in [-0.39, 0.29) is 12.4 Å². The number of ether oxygens (including phenoxy) is 1. The summed E-state index contributed by atoms with van der Waals surface area (Å²) in [5.74, 6) is 0.465. The number of anilines is 1. The molecule has 0 bridgehead atoms. The van der Waals surface area contributed by atoms with Gasteiger partial charge in [-0.3, -0.25) is 4.68 Å². The monoisotopic (exact) mass is 189 g/mol. The van der Waals surface area contributed by atoms with Crippen LogP contribution in [0.3, 0.4) is 0 Å². The van der Waals surface area contributed by atoms with Crippen LogP contribution in [0, 0.1) is 0 Å². The summed E-state index contributed by atoms with van der Waals surface area (Å²) in [4.78, 5) is 0. The Labute approximate surface area is 77.4 Å². The average Bonchev–Trinajstić information content (AvgIpc) is 2.26. The molecule has 0 fully saturated rings. The molecule has 1 heterocycles. The van der Waals surface area contributed by atoms with Crippen LogP contribution in [-0.2, 0) is 7.05 Å². The first kappa shape index (κ1) is 10.8. The van der Waals surface area contributed by atoms with E-state index in [1.165, 1.54) is 0 Å². The van der Waals surface area contributed by atoms with Gasteiger partial charge >= 0.3 is 0 Å². The van der Waals surface area contributed by atoms with E-state index in [0.29, 0.717) is 18.2 Å². The van der Waals surface area contributed by atoms with Gasteiger partial charge in [-0.25, -0.2) is 0 Å². The zero-order valence-corrected chi connectivity index (χ0v) is 7.67. The van der Waals surface area contributed by atoms with E-state index in [4.69, 9.17) is 10.5 Å². The number of hydrogen-bond donors (Lipinski definition) is 1. The molecule has 12 heavy (non-hydrogen) atoms. The Morgan fingerprint density at radius 1 is 1.83 bits per heavy atom. The highest BCUT2D eigenvalue weighted by molar-refractivity contribution is 5.85. The molecule has 0 saturated heterocycles. The summed E-state index contributed by atoms with van der Waals surface area (Å²) < 4.78 is 6.74. The average molecular weight is 190 g/mol. The second kappa shape index (κ2) is 4.66. The lowest BCUT2D eigenvalue weighted by molar-refractivity contribution is 0.346. The van der Waals surface area contributed by atoms with Crippen molar-refractivity contribution in [2.45, 2.75) is 0 Å². The number of aryl methyl sites for hydroxylation is 1. The van der Waals surface area contributed by atoms with Crippen molar-refractivity contribution in [3.8, 4) is 5.88 Å². The van der Waals surface area contributed by atoms with Crippen molar-refractivity contribution < 1.29 is 4.74 Å². The lowest BCUT2D eigenvalue weighted by Gasteiger charge is -1.97. The Bertz CT molecular complexity index is 259. The van der Waals surface area contributed by atoms with Gasteiger partial charge < -0.3 is 10.5 Å². The fourth-order valence-electron chi connectivity index (χ4n) is 0.736. The maximum absolute atomic E-state index is 5.54. The zero-order chi connectivity index (χ0) is 8.27. The molecule has 0 aromatic carbocycles. The van der Waals surface area contributed by atoms with Crippen LogP contribution in [0.4, 0.5) is 5.69 Å². The molecule has 0 spiro atoms. The number of aromatic nitrogens is 2. The normalized spacial score (nSPS) is 8.75. The number of rotatable bonds is 3. The fourth-order valence-corrected chi connectivity index (χ4v) is 0.736. The van der Waals surface area contributed by atoms with Gasteiger partial charge in [0, 0.05) is 7.05 Å². The molecule has 4 nitrogen and oxygen atoms in total. The van der Waals surface area contributed by atoms with Gasteiger partial charge in [-0.05, 0) is 0 Å². The predicted octanol–water partition coefficient (Wildman–Crippen LogP) is 0.989. The van der Waals surface area contributed by atoms with Crippen LogP contribution in [0.1, 0.15) is 0 Å². The molecule has 0 radical (unpaired) electrons. The molecule has 68 valence electrons. The molecule has 2 N–H and O–H groups in total. The first-order valence-electron chi connectivity index (χ1n) is 3.27. The maximum atomic E-state index is 5.54. The Kier molecular flexibility index (Phi) is 4.21. The summed E-state index contributed by atoms with van der Waals surface area (Å²) in [6.07, 6.45) is 3.34. The minimum absolute atomic E-state index is 0. The predicted molar refractivity (Wildman–Crippen MR) is 50.6 cm³/mol. The van der Waals surface area contributed by atoms with Crippen LogP contribution in [0.2, 0.25) is 0 Å². The van der Waals surface area contributed by atoms with Crippen molar-refractivity contribution in [3.05, 3.63) is 18.9 Å². The Hall–Kier alpha value is -1.16. The van der Waals surface area contributed by atoms with E-state index in [1.807, 2.05) is 0 Å². The fraction of sp³-hybridized carbons (Fsp3) is 0.286. The molecular formula is C7H12ClN3O. The number of halogens is 1. The zero-order valence-electron chi connectivity index (χ0n) is 6.86. The minimum Gasteiger partial charge on any atom is -0.471 e. The quantitative estimate of drug-likeness (QED) is 0.722. The van der Waals surface area contributed by atoms with Crippen LogP contribution >= 0.6 is 12.4 Å². The lowest BCUT2D eigenvalue weighted by Crippen LogP contribution is -1.96. The molecule has 1 aromatic heterocycles. The van der Waals surface area contributed by atoms with Crippen molar-refractivity contribution in [1.29, 1.82) is 0 Å². The van der Waals surface area contributed by atoms with Gasteiger partial charge in [0.15, 0.2) is 0 Å². The van der Waals surface area contributed by atoms with Gasteiger partial charge in [0.25, 0.3) is 5.88 Å². The highest BCUT2D eigenvalue weighted by Gasteiger charge is 2.02. The highest BCUT2D eigenvalue weighted by Crippen LogP contribution is 2.16. The van der Waals surface area contributed by atoms with E-state index in [0.717, 1.165) is 0 Å². The van der Waals surface area contributed by atoms with E-state index >= 15 is 0 Å². The van der Waals surface area contributed by atoms with E-state index in [2.05, 4.69) is 11.7 Å². The second-order valence-electron chi connectivity index (χ2n) is 2.16. The van der Waals surface area contributed by atoms with Crippen LogP contribution < -0.4 is 10.5 Å². The smallest absolute Gasteiger partial charge is 0.256 e. The van der Waals surface area contributed by atoms with Crippen molar-refractivity contribution in [3.63, 3.8) is 0 Å². The summed E-state index contributed by atoms with van der Waals surface area (Å²) in [6.45, 7) is 3.94. The minimum atomic E-state index is 0. The summed E-state index contributed by atoms with van der Waals surface area (Å²) in [5.41, 5.74) is 6.09. The molecule has 0 aliphatic heterocycles. The summed E-state index contributed by atoms with van der Waals surface area (Å²) in [6, 6.07) is 0. The first-order chi connectivity index (χ1) is 5.24. The third kappa shape index (κ3) is 2.47. The van der Waals surface area contributed by atoms with Gasteiger partial charge in [0.2, 0.25) is 0 Å². The van der Waals surface area contributed by atoms with E-state index in [9.17, 15) is 0 Å². The number of nitrogens with two attached hydrogens (primary N) is 1. The Morgan fingerprint density at radius 2 is 2.50 bits per heavy atom. The molecular weight excluding hydrogens is 178 g/mol. The topological polar surface area (TPSA) is 53.1 Å².